The molecule has 0 bridgehead atoms. The summed E-state index contributed by atoms with van der Waals surface area (Å²) in [6.07, 6.45) is 1.93. The number of amides is 1. The molecule has 2 aromatic heterocycles. The Bertz CT molecular complexity index is 1210. The number of imidazole rings is 1. The van der Waals surface area contributed by atoms with E-state index < -0.39 is 0 Å². The molecule has 2 aromatic carbocycles. The van der Waals surface area contributed by atoms with E-state index in [4.69, 9.17) is 0 Å². The van der Waals surface area contributed by atoms with Gasteiger partial charge >= 0.3 is 0 Å². The molecule has 1 aliphatic rings. The Kier molecular flexibility index (Phi) is 4.75. The Labute approximate surface area is 178 Å². The molecule has 5 nitrogen and oxygen atoms in total. The highest BCUT2D eigenvalue weighted by atomic mass is 32.1. The van der Waals surface area contributed by atoms with Gasteiger partial charge in [-0.15, -0.1) is 11.3 Å². The van der Waals surface area contributed by atoms with Gasteiger partial charge in [-0.3, -0.25) is 9.20 Å². The van der Waals surface area contributed by atoms with E-state index in [-0.39, 0.29) is 11.7 Å². The molecule has 30 heavy (non-hydrogen) atoms. The summed E-state index contributed by atoms with van der Waals surface area (Å²) >= 11 is 1.47. The third-order valence-corrected chi connectivity index (χ3v) is 6.38. The topological polar surface area (TPSA) is 40.9 Å². The molecule has 1 aliphatic heterocycles. The third kappa shape index (κ3) is 3.35. The number of carbonyl (C=O) groups is 1. The number of piperazine rings is 1. The highest BCUT2D eigenvalue weighted by molar-refractivity contribution is 7.15. The molecular formula is C23H21FN4OS. The molecule has 4 aromatic rings. The normalized spacial score (nSPS) is 14.5. The van der Waals surface area contributed by atoms with Crippen LogP contribution in [0.5, 0.6) is 0 Å². The van der Waals surface area contributed by atoms with Crippen molar-refractivity contribution in [1.29, 1.82) is 0 Å². The summed E-state index contributed by atoms with van der Waals surface area (Å²) in [6.45, 7) is 4.39. The average Bonchev–Trinajstić information content (AvgIpc) is 3.35. The first kappa shape index (κ1) is 18.8. The van der Waals surface area contributed by atoms with Gasteiger partial charge in [-0.25, -0.2) is 9.37 Å². The molecule has 0 saturated carbocycles. The van der Waals surface area contributed by atoms with Crippen molar-refractivity contribution in [3.63, 3.8) is 0 Å². The molecule has 1 saturated heterocycles. The van der Waals surface area contributed by atoms with Gasteiger partial charge in [0.1, 0.15) is 11.5 Å². The summed E-state index contributed by atoms with van der Waals surface area (Å²) in [5, 5.41) is 1.87. The number of hydrogen-bond acceptors (Lipinski definition) is 4. The van der Waals surface area contributed by atoms with Gasteiger partial charge < -0.3 is 9.80 Å². The van der Waals surface area contributed by atoms with Crippen molar-refractivity contribution in [2.24, 2.45) is 0 Å². The van der Waals surface area contributed by atoms with Crippen LogP contribution in [0.3, 0.4) is 0 Å². The summed E-state index contributed by atoms with van der Waals surface area (Å²) < 4.78 is 15.9. The van der Waals surface area contributed by atoms with E-state index in [1.54, 1.807) is 12.1 Å². The van der Waals surface area contributed by atoms with E-state index in [0.717, 1.165) is 16.2 Å². The number of fused-ring (bicyclic) bond motifs is 1. The third-order valence-electron chi connectivity index (χ3n) is 5.54. The zero-order valence-corrected chi connectivity index (χ0v) is 17.4. The Morgan fingerprint density at radius 2 is 1.77 bits per heavy atom. The molecule has 0 radical (unpaired) electrons. The number of carbonyl (C=O) groups excluding carboxylic acids is 1. The molecule has 0 atom stereocenters. The van der Waals surface area contributed by atoms with Gasteiger partial charge in [-0.1, -0.05) is 42.0 Å². The van der Waals surface area contributed by atoms with Crippen molar-refractivity contribution in [2.75, 3.05) is 31.1 Å². The number of halogens is 1. The average molecular weight is 421 g/mol. The Morgan fingerprint density at radius 1 is 1.03 bits per heavy atom. The maximum atomic E-state index is 14.1. The largest absolute Gasteiger partial charge is 0.366 e. The second kappa shape index (κ2) is 7.57. The van der Waals surface area contributed by atoms with Gasteiger partial charge in [-0.2, -0.15) is 0 Å². The quantitative estimate of drug-likeness (QED) is 0.491. The van der Waals surface area contributed by atoms with Crippen LogP contribution in [0, 0.1) is 12.7 Å². The van der Waals surface area contributed by atoms with Gasteiger partial charge in [0.25, 0.3) is 5.91 Å². The maximum absolute atomic E-state index is 14.1. The zero-order valence-electron chi connectivity index (χ0n) is 16.6. The van der Waals surface area contributed by atoms with E-state index in [9.17, 15) is 9.18 Å². The molecule has 0 aliphatic carbocycles. The van der Waals surface area contributed by atoms with Crippen LogP contribution in [0.2, 0.25) is 0 Å². The molecule has 0 unspecified atom stereocenters. The predicted octanol–water partition coefficient (Wildman–Crippen LogP) is 4.47. The standard InChI is InChI=1S/C23H21FN4OS/c1-16-6-8-17(9-7-16)19-14-28-21(15-30-23(28)25-19)22(29)27-12-10-26(11-13-27)20-5-3-2-4-18(20)24/h2-9,14-15H,10-13H2,1H3. The summed E-state index contributed by atoms with van der Waals surface area (Å²) in [6, 6.07) is 15.0. The Hall–Kier alpha value is -3.19. The van der Waals surface area contributed by atoms with E-state index in [0.29, 0.717) is 37.6 Å². The fraction of sp³-hybridized carbons (Fsp3) is 0.217. The molecule has 3 heterocycles. The van der Waals surface area contributed by atoms with Crippen LogP contribution < -0.4 is 4.90 Å². The van der Waals surface area contributed by atoms with Crippen molar-refractivity contribution >= 4 is 27.9 Å². The number of hydrogen-bond donors (Lipinski definition) is 0. The Morgan fingerprint density at radius 3 is 2.50 bits per heavy atom. The second-order valence-electron chi connectivity index (χ2n) is 7.50. The molecule has 0 N–H and O–H groups in total. The first-order valence-corrected chi connectivity index (χ1v) is 10.8. The highest BCUT2D eigenvalue weighted by Gasteiger charge is 2.26. The summed E-state index contributed by atoms with van der Waals surface area (Å²) in [5.41, 5.74) is 4.32. The first-order valence-electron chi connectivity index (χ1n) is 9.92. The van der Waals surface area contributed by atoms with E-state index in [1.807, 2.05) is 44.0 Å². The lowest BCUT2D eigenvalue weighted by molar-refractivity contribution is 0.0740. The number of aromatic nitrogens is 2. The number of benzene rings is 2. The monoisotopic (exact) mass is 420 g/mol. The zero-order chi connectivity index (χ0) is 20.7. The van der Waals surface area contributed by atoms with Crippen LogP contribution in [0.15, 0.2) is 60.1 Å². The van der Waals surface area contributed by atoms with E-state index in [1.165, 1.54) is 23.0 Å². The van der Waals surface area contributed by atoms with Crippen LogP contribution in [-0.4, -0.2) is 46.4 Å². The van der Waals surface area contributed by atoms with E-state index >= 15 is 0 Å². The number of rotatable bonds is 3. The fourth-order valence-electron chi connectivity index (χ4n) is 3.82. The minimum Gasteiger partial charge on any atom is -0.366 e. The van der Waals surface area contributed by atoms with Crippen LogP contribution in [0.4, 0.5) is 10.1 Å². The second-order valence-corrected chi connectivity index (χ2v) is 8.33. The van der Waals surface area contributed by atoms with Crippen molar-refractivity contribution in [3.05, 3.63) is 77.2 Å². The van der Waals surface area contributed by atoms with Crippen molar-refractivity contribution in [3.8, 4) is 11.3 Å². The smallest absolute Gasteiger partial charge is 0.271 e. The minimum absolute atomic E-state index is 0.0118. The van der Waals surface area contributed by atoms with Crippen LogP contribution in [0.25, 0.3) is 16.2 Å². The van der Waals surface area contributed by atoms with E-state index in [2.05, 4.69) is 24.0 Å². The highest BCUT2D eigenvalue weighted by Crippen LogP contribution is 2.26. The molecule has 1 amide bonds. The van der Waals surface area contributed by atoms with Gasteiger partial charge in [0.05, 0.1) is 11.4 Å². The summed E-state index contributed by atoms with van der Waals surface area (Å²) in [7, 11) is 0. The molecule has 5 rings (SSSR count). The molecule has 7 heteroatoms. The molecule has 1 fully saturated rings. The van der Waals surface area contributed by atoms with Gasteiger partial charge in [-0.05, 0) is 19.1 Å². The molecule has 152 valence electrons. The minimum atomic E-state index is -0.223. The van der Waals surface area contributed by atoms with Crippen molar-refractivity contribution in [1.82, 2.24) is 14.3 Å². The maximum Gasteiger partial charge on any atom is 0.271 e. The molecular weight excluding hydrogens is 399 g/mol. The number of anilines is 1. The van der Waals surface area contributed by atoms with Crippen molar-refractivity contribution in [2.45, 2.75) is 6.92 Å². The lowest BCUT2D eigenvalue weighted by Gasteiger charge is -2.36. The fourth-order valence-corrected chi connectivity index (χ4v) is 4.67. The first-order chi connectivity index (χ1) is 14.6. The van der Waals surface area contributed by atoms with Crippen LogP contribution in [-0.2, 0) is 0 Å². The van der Waals surface area contributed by atoms with Crippen LogP contribution >= 0.6 is 11.3 Å². The lowest BCUT2D eigenvalue weighted by Crippen LogP contribution is -2.49. The summed E-state index contributed by atoms with van der Waals surface area (Å²) in [5.74, 6) is -0.235. The SMILES string of the molecule is Cc1ccc(-c2cn3c(C(=O)N4CCN(c5ccccc5F)CC4)csc3n2)cc1. The summed E-state index contributed by atoms with van der Waals surface area (Å²) in [4.78, 5) is 22.5. The number of nitrogens with zero attached hydrogens (tertiary/aromatic N) is 4. The molecule has 0 spiro atoms. The predicted molar refractivity (Wildman–Crippen MR) is 118 cm³/mol. The van der Waals surface area contributed by atoms with Crippen molar-refractivity contribution < 1.29 is 9.18 Å². The lowest BCUT2D eigenvalue weighted by atomic mass is 10.1. The van der Waals surface area contributed by atoms with Crippen LogP contribution in [0.1, 0.15) is 16.1 Å². The Balaban J connectivity index is 1.34. The van der Waals surface area contributed by atoms with Gasteiger partial charge in [0.2, 0.25) is 0 Å². The number of thiazole rings is 1. The van der Waals surface area contributed by atoms with Gasteiger partial charge in [0, 0.05) is 43.3 Å². The number of para-hydroxylation sites is 1. The van der Waals surface area contributed by atoms with Gasteiger partial charge in [0.15, 0.2) is 4.96 Å². The number of aryl methyl sites for hydroxylation is 1.